The molecule has 1 heterocycles. The number of rotatable bonds is 9. The lowest BCUT2D eigenvalue weighted by Gasteiger charge is -2.46. The molecule has 1 aliphatic heterocycles. The lowest BCUT2D eigenvalue weighted by Crippen LogP contribution is -2.49. The smallest absolute Gasteiger partial charge is 0.262 e. The van der Waals surface area contributed by atoms with Gasteiger partial charge in [0.2, 0.25) is 0 Å². The maximum absolute atomic E-state index is 14.6. The van der Waals surface area contributed by atoms with Gasteiger partial charge in [0.1, 0.15) is 11.9 Å². The fraction of sp³-hybridized carbons (Fsp3) is 0.139. The minimum absolute atomic E-state index is 0.00221. The number of carbonyl (C=O) groups excluding carboxylic acids is 1. The highest BCUT2D eigenvalue weighted by molar-refractivity contribution is 9.10. The monoisotopic (exact) mass is 681 g/mol. The highest BCUT2D eigenvalue weighted by atomic mass is 79.9. The molecule has 0 spiro atoms. The molecule has 0 unspecified atom stereocenters. The van der Waals surface area contributed by atoms with Gasteiger partial charge in [-0.25, -0.2) is 8.42 Å². The number of hydrogen-bond acceptors (Lipinski definition) is 5. The molecule has 7 nitrogen and oxygen atoms in total. The second-order valence-electron chi connectivity index (χ2n) is 10.8. The predicted molar refractivity (Wildman–Crippen MR) is 182 cm³/mol. The summed E-state index contributed by atoms with van der Waals surface area (Å²) in [6.07, 6.45) is -0.534. The second kappa shape index (κ2) is 12.8. The molecule has 0 saturated heterocycles. The Balaban J connectivity index is 1.51. The van der Waals surface area contributed by atoms with Crippen LogP contribution in [0, 0.1) is 6.92 Å². The summed E-state index contributed by atoms with van der Waals surface area (Å²) in [5, 5.41) is 0. The van der Waals surface area contributed by atoms with Gasteiger partial charge < -0.3 is 9.64 Å². The Morgan fingerprint density at radius 3 is 2.27 bits per heavy atom. The van der Waals surface area contributed by atoms with Crippen molar-refractivity contribution in [3.05, 3.63) is 148 Å². The third-order valence-electron chi connectivity index (χ3n) is 7.65. The molecule has 1 amide bonds. The fourth-order valence-corrected chi connectivity index (χ4v) is 7.03. The largest absolute Gasteiger partial charge is 0.494 e. The quantitative estimate of drug-likeness (QED) is 0.169. The summed E-state index contributed by atoms with van der Waals surface area (Å²) in [6, 6.07) is 37.2. The molecule has 0 fully saturated rings. The topological polar surface area (TPSA) is 78.9 Å². The lowest BCUT2D eigenvalue weighted by atomic mass is 9.99. The van der Waals surface area contributed by atoms with E-state index in [0.29, 0.717) is 36.0 Å². The molecule has 1 N–H and O–H groups in total. The number of ether oxygens (including phenoxy) is 1. The van der Waals surface area contributed by atoms with E-state index in [2.05, 4.69) is 25.6 Å². The van der Waals surface area contributed by atoms with Gasteiger partial charge in [-0.05, 0) is 91.7 Å². The molecule has 45 heavy (non-hydrogen) atoms. The van der Waals surface area contributed by atoms with Crippen LogP contribution in [0.1, 0.15) is 40.1 Å². The first-order valence-electron chi connectivity index (χ1n) is 14.6. The van der Waals surface area contributed by atoms with E-state index in [1.807, 2.05) is 105 Å². The zero-order chi connectivity index (χ0) is 31.6. The normalized spacial score (nSPS) is 14.6. The Labute approximate surface area is 272 Å². The van der Waals surface area contributed by atoms with Gasteiger partial charge in [-0.1, -0.05) is 76.1 Å². The molecule has 0 aliphatic carbocycles. The highest BCUT2D eigenvalue weighted by Crippen LogP contribution is 2.44. The molecule has 9 heteroatoms. The van der Waals surface area contributed by atoms with E-state index < -0.39 is 16.2 Å². The average Bonchev–Trinajstić information content (AvgIpc) is 3.04. The van der Waals surface area contributed by atoms with Crippen molar-refractivity contribution in [2.24, 2.45) is 0 Å². The van der Waals surface area contributed by atoms with Gasteiger partial charge in [-0.15, -0.1) is 0 Å². The first-order chi connectivity index (χ1) is 21.7. The van der Waals surface area contributed by atoms with Gasteiger partial charge in [-0.2, -0.15) is 0 Å². The number of benzene rings is 5. The van der Waals surface area contributed by atoms with Gasteiger partial charge in [0, 0.05) is 22.4 Å². The molecule has 228 valence electrons. The molecule has 0 aromatic heterocycles. The van der Waals surface area contributed by atoms with Crippen LogP contribution in [-0.2, 0) is 16.6 Å². The van der Waals surface area contributed by atoms with Crippen molar-refractivity contribution in [3.63, 3.8) is 0 Å². The van der Waals surface area contributed by atoms with Crippen LogP contribution in [0.4, 0.5) is 17.1 Å². The lowest BCUT2D eigenvalue weighted by molar-refractivity contribution is 0.0968. The van der Waals surface area contributed by atoms with Crippen molar-refractivity contribution in [1.29, 1.82) is 0 Å². The number of nitrogens with one attached hydrogen (secondary N) is 1. The molecule has 1 atom stereocenters. The zero-order valence-corrected chi connectivity index (χ0v) is 27.3. The number of aryl methyl sites for hydroxylation is 1. The molecular weight excluding hydrogens is 650 g/mol. The molecule has 1 aliphatic rings. The van der Waals surface area contributed by atoms with Crippen molar-refractivity contribution >= 4 is 48.9 Å². The standard InChI is InChI=1S/C36H32BrN3O4S/c1-3-44-31-18-16-30(17-19-31)40-35(27-10-7-11-28(37)22-27)39(24-26-8-5-4-6-9-26)34-21-20-32(23-33(34)36(40)41)45(42,43)38-29-14-12-25(2)13-15-29/h4-23,35,38H,3,24H2,1-2H3/t35-/m0/s1. The zero-order valence-electron chi connectivity index (χ0n) is 24.9. The number of fused-ring (bicyclic) bond motifs is 1. The van der Waals surface area contributed by atoms with Gasteiger partial charge in [-0.3, -0.25) is 14.4 Å². The van der Waals surface area contributed by atoms with Crippen molar-refractivity contribution in [2.45, 2.75) is 31.5 Å². The van der Waals surface area contributed by atoms with Crippen LogP contribution in [0.25, 0.3) is 0 Å². The molecule has 0 bridgehead atoms. The van der Waals surface area contributed by atoms with Crippen molar-refractivity contribution in [1.82, 2.24) is 0 Å². The molecule has 5 aromatic rings. The van der Waals surface area contributed by atoms with Crippen LogP contribution in [0.3, 0.4) is 0 Å². The van der Waals surface area contributed by atoms with Crippen LogP contribution in [0.15, 0.2) is 131 Å². The summed E-state index contributed by atoms with van der Waals surface area (Å²) < 4.78 is 36.3. The van der Waals surface area contributed by atoms with E-state index in [-0.39, 0.29) is 16.4 Å². The number of halogens is 1. The summed E-state index contributed by atoms with van der Waals surface area (Å²) in [5.74, 6) is 0.387. The van der Waals surface area contributed by atoms with Crippen molar-refractivity contribution in [3.8, 4) is 5.75 Å². The minimum atomic E-state index is -3.99. The summed E-state index contributed by atoms with van der Waals surface area (Å²) in [5.41, 5.74) is 4.99. The second-order valence-corrected chi connectivity index (χ2v) is 13.4. The Hall–Kier alpha value is -4.60. The van der Waals surface area contributed by atoms with E-state index in [0.717, 1.165) is 21.2 Å². The van der Waals surface area contributed by atoms with E-state index in [1.54, 1.807) is 29.2 Å². The summed E-state index contributed by atoms with van der Waals surface area (Å²) >= 11 is 3.62. The van der Waals surface area contributed by atoms with Gasteiger partial charge in [0.15, 0.2) is 0 Å². The average molecular weight is 683 g/mol. The van der Waals surface area contributed by atoms with Gasteiger partial charge in [0.05, 0.1) is 22.8 Å². The van der Waals surface area contributed by atoms with Crippen molar-refractivity contribution in [2.75, 3.05) is 21.1 Å². The number of hydrogen-bond donors (Lipinski definition) is 1. The summed E-state index contributed by atoms with van der Waals surface area (Å²) in [7, 11) is -3.99. The molecule has 0 radical (unpaired) electrons. The summed E-state index contributed by atoms with van der Waals surface area (Å²) in [6.45, 7) is 4.85. The molecular formula is C36H32BrN3O4S. The van der Waals surface area contributed by atoms with Crippen LogP contribution in [-0.4, -0.2) is 20.9 Å². The first kappa shape index (κ1) is 30.4. The number of carbonyl (C=O) groups is 1. The number of nitrogens with zero attached hydrogens (tertiary/aromatic N) is 2. The Morgan fingerprint density at radius 2 is 1.58 bits per heavy atom. The van der Waals surface area contributed by atoms with E-state index >= 15 is 0 Å². The fourth-order valence-electron chi connectivity index (χ4n) is 5.53. The highest BCUT2D eigenvalue weighted by Gasteiger charge is 2.40. The number of anilines is 3. The Morgan fingerprint density at radius 1 is 0.844 bits per heavy atom. The Kier molecular flexibility index (Phi) is 8.65. The number of sulfonamides is 1. The van der Waals surface area contributed by atoms with Gasteiger partial charge >= 0.3 is 0 Å². The summed E-state index contributed by atoms with van der Waals surface area (Å²) in [4.78, 5) is 18.5. The van der Waals surface area contributed by atoms with Crippen LogP contribution >= 0.6 is 15.9 Å². The van der Waals surface area contributed by atoms with Crippen LogP contribution in [0.2, 0.25) is 0 Å². The van der Waals surface area contributed by atoms with Crippen LogP contribution < -0.4 is 19.3 Å². The maximum atomic E-state index is 14.6. The van der Waals surface area contributed by atoms with Crippen molar-refractivity contribution < 1.29 is 17.9 Å². The SMILES string of the molecule is CCOc1ccc(N2C(=O)c3cc(S(=O)(=O)Nc4ccc(C)cc4)ccc3N(Cc3ccccc3)[C@@H]2c2cccc(Br)c2)cc1. The van der Waals surface area contributed by atoms with E-state index in [4.69, 9.17) is 4.74 Å². The Bertz CT molecular complexity index is 1930. The van der Waals surface area contributed by atoms with E-state index in [1.165, 1.54) is 6.07 Å². The molecule has 5 aromatic carbocycles. The maximum Gasteiger partial charge on any atom is 0.262 e. The molecule has 6 rings (SSSR count). The minimum Gasteiger partial charge on any atom is -0.494 e. The van der Waals surface area contributed by atoms with E-state index in [9.17, 15) is 13.2 Å². The predicted octanol–water partition coefficient (Wildman–Crippen LogP) is 8.32. The van der Waals surface area contributed by atoms with Crippen LogP contribution in [0.5, 0.6) is 5.75 Å². The first-order valence-corrected chi connectivity index (χ1v) is 16.9. The molecule has 0 saturated carbocycles. The van der Waals surface area contributed by atoms with Gasteiger partial charge in [0.25, 0.3) is 15.9 Å². The third kappa shape index (κ3) is 6.45. The third-order valence-corrected chi connectivity index (χ3v) is 9.52. The number of amides is 1.